The first-order valence-corrected chi connectivity index (χ1v) is 8.10. The number of carbonyl (C=O) groups is 1. The Labute approximate surface area is 157 Å². The molecule has 1 heterocycles. The molecule has 0 amide bonds. The quantitative estimate of drug-likeness (QED) is 0.573. The number of Topliss-reactive ketones (excluding diaryl/α,β-unsaturated/α-hetero) is 1. The van der Waals surface area contributed by atoms with Crippen LogP contribution in [0.3, 0.4) is 0 Å². The van der Waals surface area contributed by atoms with Crippen molar-refractivity contribution in [3.05, 3.63) is 59.5 Å². The lowest BCUT2D eigenvalue weighted by atomic mass is 10.1. The van der Waals surface area contributed by atoms with Crippen LogP contribution in [-0.4, -0.2) is 23.0 Å². The van der Waals surface area contributed by atoms with Crippen LogP contribution in [0.5, 0.6) is 11.5 Å². The van der Waals surface area contributed by atoms with E-state index in [0.717, 1.165) is 12.1 Å². The number of alkyl halides is 3. The predicted octanol–water partition coefficient (Wildman–Crippen LogP) is 4.55. The second kappa shape index (κ2) is 7.71. The number of halogens is 3. The zero-order valence-corrected chi connectivity index (χ0v) is 14.9. The van der Waals surface area contributed by atoms with E-state index in [1.807, 2.05) is 0 Å². The van der Waals surface area contributed by atoms with Crippen LogP contribution in [0.25, 0.3) is 11.4 Å². The van der Waals surface area contributed by atoms with Gasteiger partial charge < -0.3 is 14.0 Å². The van der Waals surface area contributed by atoms with Gasteiger partial charge >= 0.3 is 6.18 Å². The molecule has 146 valence electrons. The fourth-order valence-electron chi connectivity index (χ4n) is 2.41. The first-order chi connectivity index (χ1) is 13.3. The van der Waals surface area contributed by atoms with Gasteiger partial charge in [-0.05, 0) is 37.3 Å². The minimum atomic E-state index is -4.46. The molecular weight excluding hydrogens is 377 g/mol. The molecule has 0 aliphatic heterocycles. The van der Waals surface area contributed by atoms with Crippen LogP contribution < -0.4 is 9.47 Å². The molecular formula is C19H15F3N2O4. The van der Waals surface area contributed by atoms with Gasteiger partial charge in [0.05, 0.1) is 12.7 Å². The molecule has 0 saturated heterocycles. The SMILES string of the molecule is COc1cc(C(C)=O)ccc1OCc1nc(-c2cccc(C(F)(F)F)c2)no1. The lowest BCUT2D eigenvalue weighted by Gasteiger charge is -2.10. The van der Waals surface area contributed by atoms with Gasteiger partial charge in [0.15, 0.2) is 23.9 Å². The van der Waals surface area contributed by atoms with Gasteiger partial charge in [0, 0.05) is 11.1 Å². The molecule has 0 aliphatic carbocycles. The Morgan fingerprint density at radius 2 is 1.93 bits per heavy atom. The van der Waals surface area contributed by atoms with Crippen molar-refractivity contribution in [2.24, 2.45) is 0 Å². The molecule has 0 aliphatic rings. The molecule has 6 nitrogen and oxygen atoms in total. The molecule has 3 rings (SSSR count). The zero-order chi connectivity index (χ0) is 20.3. The van der Waals surface area contributed by atoms with E-state index in [1.54, 1.807) is 18.2 Å². The third-order valence-corrected chi connectivity index (χ3v) is 3.84. The van der Waals surface area contributed by atoms with E-state index >= 15 is 0 Å². The van der Waals surface area contributed by atoms with Gasteiger partial charge in [0.1, 0.15) is 0 Å². The van der Waals surface area contributed by atoms with Crippen molar-refractivity contribution < 1.29 is 32.0 Å². The van der Waals surface area contributed by atoms with Crippen LogP contribution in [0, 0.1) is 0 Å². The Balaban J connectivity index is 1.75. The Morgan fingerprint density at radius 3 is 2.61 bits per heavy atom. The number of aromatic nitrogens is 2. The average molecular weight is 392 g/mol. The zero-order valence-electron chi connectivity index (χ0n) is 14.9. The van der Waals surface area contributed by atoms with E-state index in [9.17, 15) is 18.0 Å². The number of hydrogen-bond donors (Lipinski definition) is 0. The normalized spacial score (nSPS) is 11.3. The van der Waals surface area contributed by atoms with Crippen LogP contribution >= 0.6 is 0 Å². The minimum Gasteiger partial charge on any atom is -0.493 e. The summed E-state index contributed by atoms with van der Waals surface area (Å²) in [5.74, 6) is 0.679. The minimum absolute atomic E-state index is 0.0172. The van der Waals surface area contributed by atoms with Gasteiger partial charge in [-0.1, -0.05) is 17.3 Å². The molecule has 9 heteroatoms. The topological polar surface area (TPSA) is 74.5 Å². The van der Waals surface area contributed by atoms with Crippen molar-refractivity contribution in [1.29, 1.82) is 0 Å². The molecule has 0 fully saturated rings. The number of hydrogen-bond acceptors (Lipinski definition) is 6. The number of ketones is 1. The third-order valence-electron chi connectivity index (χ3n) is 3.84. The van der Waals surface area contributed by atoms with Crippen molar-refractivity contribution in [2.75, 3.05) is 7.11 Å². The number of methoxy groups -OCH3 is 1. The molecule has 3 aromatic rings. The number of ether oxygens (including phenoxy) is 2. The van der Waals surface area contributed by atoms with Crippen molar-refractivity contribution in [3.8, 4) is 22.9 Å². The molecule has 0 unspecified atom stereocenters. The highest BCUT2D eigenvalue weighted by molar-refractivity contribution is 5.94. The highest BCUT2D eigenvalue weighted by Gasteiger charge is 2.30. The van der Waals surface area contributed by atoms with Crippen LogP contribution in [0.15, 0.2) is 47.0 Å². The molecule has 0 radical (unpaired) electrons. The molecule has 0 bridgehead atoms. The smallest absolute Gasteiger partial charge is 0.416 e. The molecule has 0 spiro atoms. The van der Waals surface area contributed by atoms with E-state index in [0.29, 0.717) is 17.1 Å². The third kappa shape index (κ3) is 4.30. The summed E-state index contributed by atoms with van der Waals surface area (Å²) < 4.78 is 54.3. The Hall–Kier alpha value is -3.36. The average Bonchev–Trinajstić information content (AvgIpc) is 3.14. The summed E-state index contributed by atoms with van der Waals surface area (Å²) in [5, 5.41) is 3.69. The first kappa shape index (κ1) is 19.4. The van der Waals surface area contributed by atoms with E-state index < -0.39 is 11.7 Å². The number of rotatable bonds is 6. The van der Waals surface area contributed by atoms with Gasteiger partial charge in [-0.3, -0.25) is 4.79 Å². The highest BCUT2D eigenvalue weighted by Crippen LogP contribution is 2.32. The summed E-state index contributed by atoms with van der Waals surface area (Å²) in [6, 6.07) is 9.32. The summed E-state index contributed by atoms with van der Waals surface area (Å²) in [6.45, 7) is 1.31. The van der Waals surface area contributed by atoms with Gasteiger partial charge in [-0.2, -0.15) is 18.2 Å². The number of carbonyl (C=O) groups excluding carboxylic acids is 1. The van der Waals surface area contributed by atoms with E-state index in [4.69, 9.17) is 14.0 Å². The van der Waals surface area contributed by atoms with Crippen molar-refractivity contribution in [2.45, 2.75) is 19.7 Å². The van der Waals surface area contributed by atoms with Gasteiger partial charge in [-0.15, -0.1) is 0 Å². The Kier molecular flexibility index (Phi) is 5.34. The second-order valence-corrected chi connectivity index (χ2v) is 5.80. The van der Waals surface area contributed by atoms with E-state index in [-0.39, 0.29) is 29.7 Å². The molecule has 0 saturated carbocycles. The number of nitrogens with zero attached hydrogens (tertiary/aromatic N) is 2. The molecule has 0 N–H and O–H groups in total. The van der Waals surface area contributed by atoms with E-state index in [1.165, 1.54) is 26.2 Å². The lowest BCUT2D eigenvalue weighted by Crippen LogP contribution is -2.04. The lowest BCUT2D eigenvalue weighted by molar-refractivity contribution is -0.137. The summed E-state index contributed by atoms with van der Waals surface area (Å²) in [6.07, 6.45) is -4.46. The van der Waals surface area contributed by atoms with Crippen LogP contribution in [0.2, 0.25) is 0 Å². The van der Waals surface area contributed by atoms with Gasteiger partial charge in [0.25, 0.3) is 5.89 Å². The summed E-state index contributed by atoms with van der Waals surface area (Å²) >= 11 is 0. The Morgan fingerprint density at radius 1 is 1.14 bits per heavy atom. The van der Waals surface area contributed by atoms with Crippen molar-refractivity contribution >= 4 is 5.78 Å². The predicted molar refractivity (Wildman–Crippen MR) is 92.1 cm³/mol. The van der Waals surface area contributed by atoms with Gasteiger partial charge in [-0.25, -0.2) is 0 Å². The first-order valence-electron chi connectivity index (χ1n) is 8.10. The fourth-order valence-corrected chi connectivity index (χ4v) is 2.41. The summed E-state index contributed by atoms with van der Waals surface area (Å²) in [7, 11) is 1.44. The van der Waals surface area contributed by atoms with Crippen molar-refractivity contribution in [3.63, 3.8) is 0 Å². The van der Waals surface area contributed by atoms with Crippen LogP contribution in [0.1, 0.15) is 28.7 Å². The number of benzene rings is 2. The largest absolute Gasteiger partial charge is 0.493 e. The highest BCUT2D eigenvalue weighted by atomic mass is 19.4. The second-order valence-electron chi connectivity index (χ2n) is 5.80. The molecule has 28 heavy (non-hydrogen) atoms. The fraction of sp³-hybridized carbons (Fsp3) is 0.211. The maximum absolute atomic E-state index is 12.8. The van der Waals surface area contributed by atoms with Crippen LogP contribution in [-0.2, 0) is 12.8 Å². The molecule has 2 aromatic carbocycles. The van der Waals surface area contributed by atoms with Crippen LogP contribution in [0.4, 0.5) is 13.2 Å². The maximum Gasteiger partial charge on any atom is 0.416 e. The Bertz CT molecular complexity index is 999. The van der Waals surface area contributed by atoms with Crippen molar-refractivity contribution in [1.82, 2.24) is 10.1 Å². The van der Waals surface area contributed by atoms with E-state index in [2.05, 4.69) is 10.1 Å². The molecule has 1 aromatic heterocycles. The summed E-state index contributed by atoms with van der Waals surface area (Å²) in [4.78, 5) is 15.5. The van der Waals surface area contributed by atoms with Gasteiger partial charge in [0.2, 0.25) is 5.82 Å². The molecule has 0 atom stereocenters. The summed E-state index contributed by atoms with van der Waals surface area (Å²) in [5.41, 5.74) is -0.162. The standard InChI is InChI=1S/C19H15F3N2O4/c1-11(25)12-6-7-15(16(9-12)26-2)27-10-17-23-18(24-28-17)13-4-3-5-14(8-13)19(20,21)22/h3-9H,10H2,1-2H3. The maximum atomic E-state index is 12.8. The monoisotopic (exact) mass is 392 g/mol.